The van der Waals surface area contributed by atoms with E-state index in [2.05, 4.69) is 5.32 Å². The summed E-state index contributed by atoms with van der Waals surface area (Å²) in [4.78, 5) is 40.8. The van der Waals surface area contributed by atoms with E-state index in [9.17, 15) is 27.2 Å². The van der Waals surface area contributed by atoms with Crippen LogP contribution in [0.15, 0.2) is 55.7 Å². The van der Waals surface area contributed by atoms with Gasteiger partial charge in [0.25, 0.3) is 11.1 Å². The Bertz CT molecular complexity index is 1960. The van der Waals surface area contributed by atoms with Gasteiger partial charge in [0.1, 0.15) is 17.0 Å². The Labute approximate surface area is 229 Å². The smallest absolute Gasteiger partial charge is 0.336 e. The monoisotopic (exact) mass is 651 g/mol. The summed E-state index contributed by atoms with van der Waals surface area (Å²) in [5.74, 6) is -0.551. The number of hydrogen-bond donors (Lipinski definition) is 2. The van der Waals surface area contributed by atoms with E-state index in [1.54, 1.807) is 6.07 Å². The zero-order valence-corrected chi connectivity index (χ0v) is 23.6. The van der Waals surface area contributed by atoms with Crippen LogP contribution in [0.5, 0.6) is 0 Å². The molecule has 0 spiro atoms. The minimum Gasteiger partial charge on any atom is -0.338 e. The van der Waals surface area contributed by atoms with Crippen molar-refractivity contribution in [1.82, 2.24) is 13.7 Å². The third kappa shape index (κ3) is 4.27. The minimum atomic E-state index is -4.01. The molecule has 2 aromatic carbocycles. The number of nitrogens with zero attached hydrogens (tertiary/aromatic N) is 3. The van der Waals surface area contributed by atoms with Crippen LogP contribution in [0, 0.1) is 23.2 Å². The highest BCUT2D eigenvalue weighted by molar-refractivity contribution is 14.1. The number of anilines is 2. The predicted octanol–water partition coefficient (Wildman–Crippen LogP) is 2.94. The Morgan fingerprint density at radius 1 is 1.05 bits per heavy atom. The topological polar surface area (TPSA) is 138 Å². The maximum Gasteiger partial charge on any atom is 0.336 e. The van der Waals surface area contributed by atoms with Crippen LogP contribution in [-0.4, -0.2) is 22.1 Å². The Morgan fingerprint density at radius 3 is 2.32 bits per heavy atom. The Balaban J connectivity index is 1.93. The molecule has 5 rings (SSSR count). The lowest BCUT2D eigenvalue weighted by atomic mass is 10.1. The van der Waals surface area contributed by atoms with Gasteiger partial charge < -0.3 is 5.32 Å². The highest BCUT2D eigenvalue weighted by Gasteiger charge is 2.32. The first-order valence-electron chi connectivity index (χ1n) is 11.6. The van der Waals surface area contributed by atoms with Crippen molar-refractivity contribution in [2.24, 2.45) is 12.2 Å². The summed E-state index contributed by atoms with van der Waals surface area (Å²) in [5.41, 5.74) is -0.992. The number of sulfonamides is 1. The van der Waals surface area contributed by atoms with Crippen LogP contribution < -0.4 is 27.3 Å². The van der Waals surface area contributed by atoms with Gasteiger partial charge in [-0.15, -0.1) is 0 Å². The summed E-state index contributed by atoms with van der Waals surface area (Å²) in [6, 6.07) is 8.30. The number of pyridine rings is 1. The van der Waals surface area contributed by atoms with Crippen LogP contribution in [0.3, 0.4) is 0 Å². The molecule has 0 aliphatic heterocycles. The molecule has 10 nitrogen and oxygen atoms in total. The number of primary sulfonamides is 1. The van der Waals surface area contributed by atoms with E-state index in [0.717, 1.165) is 4.57 Å². The number of nitrogens with one attached hydrogen (secondary N) is 1. The molecule has 4 aromatic rings. The summed E-state index contributed by atoms with van der Waals surface area (Å²) >= 11 is 1.97. The number of nitrogens with two attached hydrogens (primary N) is 1. The van der Waals surface area contributed by atoms with Crippen LogP contribution in [0.2, 0.25) is 0 Å². The second kappa shape index (κ2) is 9.17. The average molecular weight is 651 g/mol. The summed E-state index contributed by atoms with van der Waals surface area (Å²) in [6.45, 7) is 3.04. The van der Waals surface area contributed by atoms with Crippen molar-refractivity contribution < 1.29 is 12.8 Å². The molecule has 1 saturated carbocycles. The first-order chi connectivity index (χ1) is 17.8. The molecule has 198 valence electrons. The van der Waals surface area contributed by atoms with Crippen LogP contribution in [0.4, 0.5) is 15.9 Å². The van der Waals surface area contributed by atoms with Crippen LogP contribution in [-0.2, 0) is 17.1 Å². The van der Waals surface area contributed by atoms with Gasteiger partial charge in [0, 0.05) is 22.2 Å². The number of halogens is 2. The maximum absolute atomic E-state index is 14.8. The second-order valence-electron chi connectivity index (χ2n) is 9.33. The van der Waals surface area contributed by atoms with Crippen molar-refractivity contribution in [3.63, 3.8) is 0 Å². The highest BCUT2D eigenvalue weighted by Crippen LogP contribution is 2.34. The standard InChI is InChI=1S/C25H23FIN5O5S/c1-12-10-16(7-9-19(12)38(28,36)37)31-21-13(2)23(33)30(3)22(29-18-8-4-14(27)11-17(18)26)20(21)24(34)32(25(31)35)15-5-6-15/h4,7-11,15,29H,5-6H2,1-3H3,(H2,28,36,37). The molecule has 1 aliphatic carbocycles. The number of benzene rings is 2. The number of rotatable bonds is 5. The van der Waals surface area contributed by atoms with E-state index >= 15 is 0 Å². The molecule has 0 amide bonds. The van der Waals surface area contributed by atoms with Crippen molar-refractivity contribution in [2.75, 3.05) is 5.32 Å². The second-order valence-corrected chi connectivity index (χ2v) is 12.1. The SMILES string of the molecule is Cc1cc(-n2c(=O)n(C3CC3)c(=O)c3c(Nc4ccc(I)cc4F)n(C)c(=O)c(C)c32)ccc1S(N)(=O)=O. The van der Waals surface area contributed by atoms with Crippen LogP contribution >= 0.6 is 22.6 Å². The molecule has 13 heteroatoms. The lowest BCUT2D eigenvalue weighted by Gasteiger charge is -2.21. The molecule has 3 N–H and O–H groups in total. The minimum absolute atomic E-state index is 0.0294. The first-order valence-corrected chi connectivity index (χ1v) is 14.2. The zero-order valence-electron chi connectivity index (χ0n) is 20.6. The predicted molar refractivity (Wildman–Crippen MR) is 151 cm³/mol. The third-order valence-corrected chi connectivity index (χ3v) is 8.40. The van der Waals surface area contributed by atoms with Gasteiger partial charge in [-0.1, -0.05) is 0 Å². The van der Waals surface area contributed by atoms with Gasteiger partial charge in [-0.25, -0.2) is 22.7 Å². The fourth-order valence-corrected chi connectivity index (χ4v) is 5.88. The van der Waals surface area contributed by atoms with Gasteiger partial charge in [-0.2, -0.15) is 0 Å². The zero-order chi connectivity index (χ0) is 27.7. The number of hydrogen-bond acceptors (Lipinski definition) is 6. The van der Waals surface area contributed by atoms with Gasteiger partial charge in [0.15, 0.2) is 0 Å². The Hall–Kier alpha value is -3.30. The third-order valence-electron chi connectivity index (χ3n) is 6.66. The normalized spacial score (nSPS) is 13.7. The molecule has 2 heterocycles. The molecule has 0 bridgehead atoms. The number of aromatic nitrogens is 3. The van der Waals surface area contributed by atoms with Gasteiger partial charge in [0.2, 0.25) is 10.0 Å². The number of aryl methyl sites for hydroxylation is 2. The molecule has 38 heavy (non-hydrogen) atoms. The molecule has 0 unspecified atom stereocenters. The molecule has 1 aliphatic rings. The molecule has 0 radical (unpaired) electrons. The lowest BCUT2D eigenvalue weighted by Crippen LogP contribution is -2.41. The van der Waals surface area contributed by atoms with Crippen LogP contribution in [0.25, 0.3) is 16.6 Å². The van der Waals surface area contributed by atoms with Crippen molar-refractivity contribution in [1.29, 1.82) is 0 Å². The van der Waals surface area contributed by atoms with Gasteiger partial charge in [-0.05, 0) is 91.2 Å². The fourth-order valence-electron chi connectivity index (χ4n) is 4.67. The summed E-state index contributed by atoms with van der Waals surface area (Å²) in [5, 5.41) is 8.24. The van der Waals surface area contributed by atoms with Crippen molar-refractivity contribution in [3.05, 3.63) is 88.1 Å². The molecular weight excluding hydrogens is 628 g/mol. The quantitative estimate of drug-likeness (QED) is 0.319. The van der Waals surface area contributed by atoms with Gasteiger partial charge >= 0.3 is 5.69 Å². The van der Waals surface area contributed by atoms with Crippen molar-refractivity contribution in [2.45, 2.75) is 37.6 Å². The molecule has 0 atom stereocenters. The summed E-state index contributed by atoms with van der Waals surface area (Å²) < 4.78 is 43.0. The van der Waals surface area contributed by atoms with E-state index in [1.165, 1.54) is 60.4 Å². The number of fused-ring (bicyclic) bond motifs is 1. The van der Waals surface area contributed by atoms with E-state index in [4.69, 9.17) is 5.14 Å². The van der Waals surface area contributed by atoms with E-state index in [-0.39, 0.29) is 50.2 Å². The first kappa shape index (κ1) is 26.3. The maximum atomic E-state index is 14.8. The van der Waals surface area contributed by atoms with E-state index < -0.39 is 32.6 Å². The van der Waals surface area contributed by atoms with E-state index in [0.29, 0.717) is 16.4 Å². The molecule has 0 saturated heterocycles. The van der Waals surface area contributed by atoms with Gasteiger partial charge in [0.05, 0.1) is 21.8 Å². The van der Waals surface area contributed by atoms with Crippen molar-refractivity contribution >= 4 is 55.0 Å². The summed E-state index contributed by atoms with van der Waals surface area (Å²) in [7, 11) is -2.55. The molecule has 1 fully saturated rings. The van der Waals surface area contributed by atoms with E-state index in [1.807, 2.05) is 22.6 Å². The van der Waals surface area contributed by atoms with Crippen molar-refractivity contribution in [3.8, 4) is 5.69 Å². The summed E-state index contributed by atoms with van der Waals surface area (Å²) in [6.07, 6.45) is 1.26. The Morgan fingerprint density at radius 2 is 1.74 bits per heavy atom. The Kier molecular flexibility index (Phi) is 6.35. The molecule has 2 aromatic heterocycles. The average Bonchev–Trinajstić information content (AvgIpc) is 3.66. The molecular formula is C25H23FIN5O5S. The lowest BCUT2D eigenvalue weighted by molar-refractivity contribution is 0.597. The fraction of sp³-hybridized carbons (Fsp3) is 0.240. The largest absolute Gasteiger partial charge is 0.338 e. The highest BCUT2D eigenvalue weighted by atomic mass is 127. The van der Waals surface area contributed by atoms with Gasteiger partial charge in [-0.3, -0.25) is 23.3 Å². The van der Waals surface area contributed by atoms with Crippen LogP contribution in [0.1, 0.15) is 30.0 Å².